The number of hydrogen-bond acceptors (Lipinski definition) is 0. The fraction of sp³-hybridized carbons (Fsp3) is 0.273. The van der Waals surface area contributed by atoms with Crippen LogP contribution >= 0.6 is 23.2 Å². The molecule has 0 fully saturated rings. The van der Waals surface area contributed by atoms with E-state index in [-0.39, 0.29) is 11.2 Å². The van der Waals surface area contributed by atoms with Crippen LogP contribution in [0, 0.1) is 5.82 Å². The molecule has 14 heavy (non-hydrogen) atoms. The number of alkyl halides is 1. The van der Waals surface area contributed by atoms with E-state index in [1.165, 1.54) is 6.07 Å². The molecule has 0 nitrogen and oxygen atoms in total. The van der Waals surface area contributed by atoms with Crippen LogP contribution in [0.5, 0.6) is 0 Å². The Kier molecular flexibility index (Phi) is 2.80. The summed E-state index contributed by atoms with van der Waals surface area (Å²) in [6.45, 7) is 0. The van der Waals surface area contributed by atoms with Crippen molar-refractivity contribution in [3.8, 4) is 0 Å². The maximum absolute atomic E-state index is 13.5. The van der Waals surface area contributed by atoms with Crippen molar-refractivity contribution < 1.29 is 4.39 Å². The standard InChI is InChI=1S/C11H9Cl2F/c12-8-2-1-7(5-8)10-4-3-9(13)6-11(10)14/h3-6,8H,1-2H2. The van der Waals surface area contributed by atoms with E-state index in [2.05, 4.69) is 0 Å². The van der Waals surface area contributed by atoms with Gasteiger partial charge >= 0.3 is 0 Å². The molecule has 0 spiro atoms. The molecule has 0 aromatic heterocycles. The van der Waals surface area contributed by atoms with Gasteiger partial charge in [0.25, 0.3) is 0 Å². The van der Waals surface area contributed by atoms with E-state index in [0.29, 0.717) is 10.6 Å². The topological polar surface area (TPSA) is 0 Å². The third-order valence-corrected chi connectivity index (χ3v) is 2.93. The maximum Gasteiger partial charge on any atom is 0.132 e. The molecule has 0 radical (unpaired) electrons. The first kappa shape index (κ1) is 10.0. The van der Waals surface area contributed by atoms with Gasteiger partial charge in [-0.1, -0.05) is 23.7 Å². The summed E-state index contributed by atoms with van der Waals surface area (Å²) in [7, 11) is 0. The molecule has 1 aromatic rings. The Morgan fingerprint density at radius 1 is 1.36 bits per heavy atom. The highest BCUT2D eigenvalue weighted by Crippen LogP contribution is 2.32. The minimum atomic E-state index is -0.269. The van der Waals surface area contributed by atoms with Crippen molar-refractivity contribution in [3.05, 3.63) is 40.7 Å². The summed E-state index contributed by atoms with van der Waals surface area (Å²) >= 11 is 11.6. The third kappa shape index (κ3) is 1.94. The zero-order valence-electron chi connectivity index (χ0n) is 7.43. The highest BCUT2D eigenvalue weighted by Gasteiger charge is 2.17. The fourth-order valence-electron chi connectivity index (χ4n) is 1.65. The minimum absolute atomic E-state index is 0.0417. The van der Waals surface area contributed by atoms with Gasteiger partial charge in [-0.3, -0.25) is 0 Å². The lowest BCUT2D eigenvalue weighted by Gasteiger charge is -2.03. The Bertz CT molecular complexity index is 385. The third-order valence-electron chi connectivity index (χ3n) is 2.35. The first-order valence-electron chi connectivity index (χ1n) is 4.47. The second-order valence-electron chi connectivity index (χ2n) is 3.37. The van der Waals surface area contributed by atoms with Crippen LogP contribution in [0.15, 0.2) is 24.3 Å². The van der Waals surface area contributed by atoms with Gasteiger partial charge in [-0.25, -0.2) is 4.39 Å². The molecule has 1 atom stereocenters. The maximum atomic E-state index is 13.5. The minimum Gasteiger partial charge on any atom is -0.206 e. The van der Waals surface area contributed by atoms with Crippen LogP contribution in [0.4, 0.5) is 4.39 Å². The summed E-state index contributed by atoms with van der Waals surface area (Å²) in [6, 6.07) is 4.74. The first-order valence-corrected chi connectivity index (χ1v) is 5.28. The Labute approximate surface area is 92.3 Å². The van der Waals surface area contributed by atoms with E-state index in [4.69, 9.17) is 23.2 Å². The molecule has 1 aliphatic carbocycles. The molecular weight excluding hydrogens is 222 g/mol. The van der Waals surface area contributed by atoms with E-state index in [9.17, 15) is 4.39 Å². The smallest absolute Gasteiger partial charge is 0.132 e. The van der Waals surface area contributed by atoms with Crippen LogP contribution in [-0.2, 0) is 0 Å². The van der Waals surface area contributed by atoms with E-state index < -0.39 is 0 Å². The summed E-state index contributed by atoms with van der Waals surface area (Å²) < 4.78 is 13.5. The number of halogens is 3. The van der Waals surface area contributed by atoms with E-state index >= 15 is 0 Å². The van der Waals surface area contributed by atoms with Gasteiger partial charge in [0, 0.05) is 10.6 Å². The van der Waals surface area contributed by atoms with E-state index in [1.54, 1.807) is 12.1 Å². The molecule has 74 valence electrons. The Balaban J connectivity index is 2.37. The summed E-state index contributed by atoms with van der Waals surface area (Å²) in [5.74, 6) is -0.269. The average Bonchev–Trinajstić information content (AvgIpc) is 2.51. The Hall–Kier alpha value is -0.530. The number of hydrogen-bond donors (Lipinski definition) is 0. The van der Waals surface area contributed by atoms with Crippen LogP contribution in [0.2, 0.25) is 5.02 Å². The summed E-state index contributed by atoms with van der Waals surface area (Å²) in [5.41, 5.74) is 1.61. The molecule has 0 aliphatic heterocycles. The lowest BCUT2D eigenvalue weighted by molar-refractivity contribution is 0.623. The number of benzene rings is 1. The van der Waals surface area contributed by atoms with Crippen LogP contribution in [0.3, 0.4) is 0 Å². The van der Waals surface area contributed by atoms with Crippen molar-refractivity contribution in [1.82, 2.24) is 0 Å². The molecule has 0 heterocycles. The van der Waals surface area contributed by atoms with Crippen molar-refractivity contribution in [2.75, 3.05) is 0 Å². The largest absolute Gasteiger partial charge is 0.206 e. The zero-order valence-corrected chi connectivity index (χ0v) is 8.95. The summed E-state index contributed by atoms with van der Waals surface area (Å²) in [4.78, 5) is 0. The van der Waals surface area contributed by atoms with E-state index in [0.717, 1.165) is 18.4 Å². The highest BCUT2D eigenvalue weighted by atomic mass is 35.5. The normalized spacial score (nSPS) is 21.1. The molecule has 1 aromatic carbocycles. The van der Waals surface area contributed by atoms with Gasteiger partial charge in [0.15, 0.2) is 0 Å². The molecule has 0 amide bonds. The first-order chi connectivity index (χ1) is 6.66. The van der Waals surface area contributed by atoms with Crippen molar-refractivity contribution >= 4 is 28.8 Å². The number of allylic oxidation sites excluding steroid dienone is 2. The molecule has 0 N–H and O–H groups in total. The van der Waals surface area contributed by atoms with Gasteiger partial charge in [0.05, 0.1) is 5.38 Å². The lowest BCUT2D eigenvalue weighted by Crippen LogP contribution is -1.86. The highest BCUT2D eigenvalue weighted by molar-refractivity contribution is 6.30. The van der Waals surface area contributed by atoms with E-state index in [1.807, 2.05) is 6.08 Å². The van der Waals surface area contributed by atoms with Crippen molar-refractivity contribution in [2.24, 2.45) is 0 Å². The summed E-state index contributed by atoms with van der Waals surface area (Å²) in [5, 5.41) is 0.465. The second-order valence-corrected chi connectivity index (χ2v) is 4.37. The second kappa shape index (κ2) is 3.92. The van der Waals surface area contributed by atoms with Crippen LogP contribution < -0.4 is 0 Å². The molecule has 2 rings (SSSR count). The van der Waals surface area contributed by atoms with Crippen molar-refractivity contribution in [1.29, 1.82) is 0 Å². The Morgan fingerprint density at radius 3 is 2.71 bits per heavy atom. The van der Waals surface area contributed by atoms with Gasteiger partial charge in [-0.05, 0) is 30.5 Å². The molecule has 1 aliphatic rings. The molecule has 0 saturated heterocycles. The monoisotopic (exact) mass is 230 g/mol. The SMILES string of the molecule is Fc1cc(Cl)ccc1C1=CC(Cl)CC1. The fourth-order valence-corrected chi connectivity index (χ4v) is 2.07. The van der Waals surface area contributed by atoms with Crippen LogP contribution in [0.1, 0.15) is 18.4 Å². The lowest BCUT2D eigenvalue weighted by atomic mass is 10.1. The summed E-state index contributed by atoms with van der Waals surface area (Å²) in [6.07, 6.45) is 3.64. The quantitative estimate of drug-likeness (QED) is 0.633. The van der Waals surface area contributed by atoms with Crippen LogP contribution in [-0.4, -0.2) is 5.38 Å². The van der Waals surface area contributed by atoms with Crippen molar-refractivity contribution in [2.45, 2.75) is 18.2 Å². The van der Waals surface area contributed by atoms with Gasteiger partial charge < -0.3 is 0 Å². The van der Waals surface area contributed by atoms with Gasteiger partial charge in [0.1, 0.15) is 5.82 Å². The predicted molar refractivity (Wildman–Crippen MR) is 58.3 cm³/mol. The molecule has 1 unspecified atom stereocenters. The van der Waals surface area contributed by atoms with Gasteiger partial charge in [0.2, 0.25) is 0 Å². The predicted octanol–water partition coefficient (Wildman–Crippen LogP) is 4.26. The molecule has 3 heteroatoms. The van der Waals surface area contributed by atoms with Gasteiger partial charge in [-0.15, -0.1) is 11.6 Å². The molecule has 0 saturated carbocycles. The van der Waals surface area contributed by atoms with Crippen molar-refractivity contribution in [3.63, 3.8) is 0 Å². The molecule has 0 bridgehead atoms. The average molecular weight is 231 g/mol. The van der Waals surface area contributed by atoms with Gasteiger partial charge in [-0.2, -0.15) is 0 Å². The Morgan fingerprint density at radius 2 is 2.14 bits per heavy atom. The van der Waals surface area contributed by atoms with Crippen LogP contribution in [0.25, 0.3) is 5.57 Å². The number of rotatable bonds is 1. The zero-order chi connectivity index (χ0) is 10.1. The molecular formula is C11H9Cl2F.